The maximum Gasteiger partial charge on any atom is 0.512 e. The fourth-order valence-corrected chi connectivity index (χ4v) is 2.08. The molecular formula is C13H8ClFN2O5. The molecule has 0 atom stereocenters. The number of halogens is 2. The normalized spacial score (nSPS) is 12.3. The average Bonchev–Trinajstić information content (AvgIpc) is 2.93. The Balaban J connectivity index is 2.13. The van der Waals surface area contributed by atoms with Crippen molar-refractivity contribution in [1.82, 2.24) is 4.98 Å². The first kappa shape index (κ1) is 14.2. The minimum atomic E-state index is -1.61. The zero-order valence-corrected chi connectivity index (χ0v) is 11.6. The number of rotatable bonds is 2. The van der Waals surface area contributed by atoms with Crippen LogP contribution in [0, 0.1) is 5.82 Å². The van der Waals surface area contributed by atoms with Crippen LogP contribution in [0.1, 0.15) is 0 Å². The Labute approximate surface area is 128 Å². The SMILES string of the molecule is Nc1cc(-c2ccc3c(c2F)OCO3)nc(OC(=O)O)c1Cl. The number of fused-ring (bicyclic) bond motifs is 1. The summed E-state index contributed by atoms with van der Waals surface area (Å²) in [5.74, 6) is -0.912. The molecule has 0 spiro atoms. The van der Waals surface area contributed by atoms with E-state index in [0.717, 1.165) is 0 Å². The summed E-state index contributed by atoms with van der Waals surface area (Å²) in [5, 5.41) is 8.48. The maximum absolute atomic E-state index is 14.4. The largest absolute Gasteiger partial charge is 0.512 e. The van der Waals surface area contributed by atoms with Crippen molar-refractivity contribution in [3.63, 3.8) is 0 Å². The number of carbonyl (C=O) groups is 1. The highest BCUT2D eigenvalue weighted by molar-refractivity contribution is 6.34. The lowest BCUT2D eigenvalue weighted by molar-refractivity contribution is 0.142. The number of nitrogens with zero attached hydrogens (tertiary/aromatic N) is 1. The van der Waals surface area contributed by atoms with Crippen LogP contribution in [-0.2, 0) is 0 Å². The van der Waals surface area contributed by atoms with Crippen LogP contribution in [0.3, 0.4) is 0 Å². The second-order valence-corrected chi connectivity index (χ2v) is 4.62. The molecule has 1 aliphatic heterocycles. The molecule has 2 aromatic rings. The highest BCUT2D eigenvalue weighted by Crippen LogP contribution is 2.41. The molecule has 3 rings (SSSR count). The van der Waals surface area contributed by atoms with Crippen LogP contribution >= 0.6 is 11.6 Å². The summed E-state index contributed by atoms with van der Waals surface area (Å²) in [6.07, 6.45) is -1.61. The number of hydrogen-bond donors (Lipinski definition) is 2. The van der Waals surface area contributed by atoms with Gasteiger partial charge in [0.05, 0.1) is 11.4 Å². The van der Waals surface area contributed by atoms with Crippen molar-refractivity contribution in [2.24, 2.45) is 0 Å². The zero-order chi connectivity index (χ0) is 15.9. The van der Waals surface area contributed by atoms with E-state index in [4.69, 9.17) is 31.9 Å². The summed E-state index contributed by atoms with van der Waals surface area (Å²) in [7, 11) is 0. The van der Waals surface area contributed by atoms with Crippen LogP contribution < -0.4 is 19.9 Å². The van der Waals surface area contributed by atoms with Gasteiger partial charge in [0.15, 0.2) is 11.6 Å². The van der Waals surface area contributed by atoms with Gasteiger partial charge in [0.25, 0.3) is 0 Å². The molecule has 0 saturated carbocycles. The summed E-state index contributed by atoms with van der Waals surface area (Å²) >= 11 is 5.82. The first-order valence-electron chi connectivity index (χ1n) is 5.92. The van der Waals surface area contributed by atoms with E-state index in [-0.39, 0.29) is 40.3 Å². The summed E-state index contributed by atoms with van der Waals surface area (Å²) in [6, 6.07) is 4.21. The third kappa shape index (κ3) is 2.33. The van der Waals surface area contributed by atoms with Gasteiger partial charge in [-0.1, -0.05) is 11.6 Å². The lowest BCUT2D eigenvalue weighted by Gasteiger charge is -2.10. The Morgan fingerprint density at radius 3 is 2.95 bits per heavy atom. The minimum Gasteiger partial charge on any atom is -0.453 e. The minimum absolute atomic E-state index is 0.0000153. The fourth-order valence-electron chi connectivity index (χ4n) is 1.95. The Morgan fingerprint density at radius 1 is 1.45 bits per heavy atom. The monoisotopic (exact) mass is 326 g/mol. The Hall–Kier alpha value is -2.74. The second kappa shape index (κ2) is 5.23. The molecule has 2 heterocycles. The highest BCUT2D eigenvalue weighted by atomic mass is 35.5. The van der Waals surface area contributed by atoms with Gasteiger partial charge in [-0.2, -0.15) is 0 Å². The number of nitrogens with two attached hydrogens (primary N) is 1. The second-order valence-electron chi connectivity index (χ2n) is 4.24. The van der Waals surface area contributed by atoms with Crippen molar-refractivity contribution in [3.8, 4) is 28.6 Å². The molecule has 7 nitrogen and oxygen atoms in total. The van der Waals surface area contributed by atoms with E-state index < -0.39 is 17.9 Å². The molecule has 9 heteroatoms. The Bertz CT molecular complexity index is 784. The molecule has 0 unspecified atom stereocenters. The molecule has 0 saturated heterocycles. The van der Waals surface area contributed by atoms with Gasteiger partial charge in [0.2, 0.25) is 18.4 Å². The van der Waals surface area contributed by atoms with E-state index in [1.54, 1.807) is 0 Å². The van der Waals surface area contributed by atoms with Crippen LogP contribution in [-0.4, -0.2) is 23.0 Å². The number of pyridine rings is 1. The van der Waals surface area contributed by atoms with E-state index in [1.165, 1.54) is 18.2 Å². The predicted octanol–water partition coefficient (Wildman–Crippen LogP) is 2.91. The maximum atomic E-state index is 14.4. The van der Waals surface area contributed by atoms with Crippen LogP contribution in [0.4, 0.5) is 14.9 Å². The molecule has 0 aliphatic carbocycles. The third-order valence-corrected chi connectivity index (χ3v) is 3.27. The third-order valence-electron chi connectivity index (χ3n) is 2.89. The first-order valence-corrected chi connectivity index (χ1v) is 6.30. The molecular weight excluding hydrogens is 319 g/mol. The van der Waals surface area contributed by atoms with Crippen molar-refractivity contribution in [2.75, 3.05) is 12.5 Å². The number of hydrogen-bond acceptors (Lipinski definition) is 6. The summed E-state index contributed by atoms with van der Waals surface area (Å²) in [4.78, 5) is 14.5. The molecule has 0 amide bonds. The van der Waals surface area contributed by atoms with Gasteiger partial charge in [-0.25, -0.2) is 14.2 Å². The molecule has 0 fully saturated rings. The number of benzene rings is 1. The molecule has 22 heavy (non-hydrogen) atoms. The van der Waals surface area contributed by atoms with Crippen molar-refractivity contribution < 1.29 is 28.5 Å². The van der Waals surface area contributed by atoms with Gasteiger partial charge in [0, 0.05) is 5.56 Å². The van der Waals surface area contributed by atoms with E-state index in [0.29, 0.717) is 0 Å². The van der Waals surface area contributed by atoms with Crippen molar-refractivity contribution >= 4 is 23.4 Å². The number of anilines is 1. The number of ether oxygens (including phenoxy) is 3. The van der Waals surface area contributed by atoms with Crippen LogP contribution in [0.15, 0.2) is 18.2 Å². The van der Waals surface area contributed by atoms with Crippen molar-refractivity contribution in [2.45, 2.75) is 0 Å². The molecule has 114 valence electrons. The topological polar surface area (TPSA) is 104 Å². The first-order chi connectivity index (χ1) is 10.5. The molecule has 0 radical (unpaired) electrons. The Morgan fingerprint density at radius 2 is 2.23 bits per heavy atom. The van der Waals surface area contributed by atoms with E-state index in [2.05, 4.69) is 9.72 Å². The zero-order valence-electron chi connectivity index (χ0n) is 10.8. The van der Waals surface area contributed by atoms with Gasteiger partial charge in [0.1, 0.15) is 5.02 Å². The predicted molar refractivity (Wildman–Crippen MR) is 73.8 cm³/mol. The number of nitrogen functional groups attached to an aromatic ring is 1. The molecule has 1 aromatic carbocycles. The number of aromatic nitrogens is 1. The standard InChI is InChI=1S/C13H8ClFN2O5/c14-9-6(16)3-7(17-12(9)22-13(18)19)5-1-2-8-11(10(5)15)21-4-20-8/h1-3H,4H2,(H2,16,17)(H,18,19). The quantitative estimate of drug-likeness (QED) is 0.817. The molecule has 1 aromatic heterocycles. The fraction of sp³-hybridized carbons (Fsp3) is 0.0769. The van der Waals surface area contributed by atoms with Crippen molar-refractivity contribution in [3.05, 3.63) is 29.0 Å². The van der Waals surface area contributed by atoms with Gasteiger partial charge in [-0.05, 0) is 18.2 Å². The highest BCUT2D eigenvalue weighted by Gasteiger charge is 2.24. The van der Waals surface area contributed by atoms with E-state index in [1.807, 2.05) is 0 Å². The van der Waals surface area contributed by atoms with Crippen LogP contribution in [0.5, 0.6) is 17.4 Å². The molecule has 0 bridgehead atoms. The van der Waals surface area contributed by atoms with Crippen LogP contribution in [0.25, 0.3) is 11.3 Å². The van der Waals surface area contributed by atoms with Crippen LogP contribution in [0.2, 0.25) is 5.02 Å². The van der Waals surface area contributed by atoms with Gasteiger partial charge in [-0.15, -0.1) is 0 Å². The summed E-state index contributed by atoms with van der Waals surface area (Å²) in [6.45, 7) is -0.0841. The lowest BCUT2D eigenvalue weighted by Crippen LogP contribution is -2.07. The van der Waals surface area contributed by atoms with E-state index >= 15 is 0 Å². The van der Waals surface area contributed by atoms with Gasteiger partial charge < -0.3 is 25.1 Å². The Kier molecular flexibility index (Phi) is 3.38. The van der Waals surface area contributed by atoms with Crippen molar-refractivity contribution in [1.29, 1.82) is 0 Å². The summed E-state index contributed by atoms with van der Waals surface area (Å²) < 4.78 is 28.9. The molecule has 3 N–H and O–H groups in total. The lowest BCUT2D eigenvalue weighted by atomic mass is 10.1. The molecule has 1 aliphatic rings. The smallest absolute Gasteiger partial charge is 0.453 e. The average molecular weight is 327 g/mol. The van der Waals surface area contributed by atoms with E-state index in [9.17, 15) is 9.18 Å². The number of carboxylic acid groups (broad SMARTS) is 1. The summed E-state index contributed by atoms with van der Waals surface area (Å²) in [5.41, 5.74) is 5.77. The van der Waals surface area contributed by atoms with Gasteiger partial charge in [-0.3, -0.25) is 0 Å². The van der Waals surface area contributed by atoms with Gasteiger partial charge >= 0.3 is 6.16 Å².